The molecule has 0 radical (unpaired) electrons. The Morgan fingerprint density at radius 3 is 2.24 bits per heavy atom. The van der Waals surface area contributed by atoms with Crippen LogP contribution in [0.4, 0.5) is 5.69 Å². The van der Waals surface area contributed by atoms with Gasteiger partial charge in [-0.1, -0.05) is 42.8 Å². The lowest BCUT2D eigenvalue weighted by Gasteiger charge is -2.33. The van der Waals surface area contributed by atoms with Gasteiger partial charge in [-0.2, -0.15) is 0 Å². The first-order chi connectivity index (χ1) is 15.8. The van der Waals surface area contributed by atoms with Gasteiger partial charge >= 0.3 is 0 Å². The highest BCUT2D eigenvalue weighted by molar-refractivity contribution is 7.92. The normalized spacial score (nSPS) is 12.4. The van der Waals surface area contributed by atoms with Gasteiger partial charge in [-0.15, -0.1) is 0 Å². The Morgan fingerprint density at radius 1 is 1.06 bits per heavy atom. The molecule has 2 aromatic rings. The number of anilines is 1. The Labute approximate surface area is 208 Å². The van der Waals surface area contributed by atoms with Crippen LogP contribution >= 0.6 is 11.6 Å². The summed E-state index contributed by atoms with van der Waals surface area (Å²) < 4.78 is 26.4. The van der Waals surface area contributed by atoms with E-state index in [0.717, 1.165) is 21.7 Å². The molecule has 1 atom stereocenters. The maximum absolute atomic E-state index is 13.6. The van der Waals surface area contributed by atoms with Crippen LogP contribution in [0.15, 0.2) is 42.5 Å². The molecule has 2 amide bonds. The van der Waals surface area contributed by atoms with Crippen molar-refractivity contribution in [1.82, 2.24) is 10.2 Å². The molecule has 2 aromatic carbocycles. The zero-order valence-electron chi connectivity index (χ0n) is 20.6. The summed E-state index contributed by atoms with van der Waals surface area (Å²) >= 11 is 6.35. The number of amides is 2. The molecule has 0 saturated carbocycles. The summed E-state index contributed by atoms with van der Waals surface area (Å²) in [6.07, 6.45) is 1.42. The summed E-state index contributed by atoms with van der Waals surface area (Å²) in [4.78, 5) is 28.0. The van der Waals surface area contributed by atoms with Crippen molar-refractivity contribution in [2.75, 3.05) is 17.1 Å². The fourth-order valence-electron chi connectivity index (χ4n) is 3.60. The Morgan fingerprint density at radius 2 is 1.71 bits per heavy atom. The molecule has 9 heteroatoms. The van der Waals surface area contributed by atoms with Gasteiger partial charge in [0.15, 0.2) is 0 Å². The molecule has 0 aliphatic carbocycles. The Balaban J connectivity index is 2.48. The SMILES string of the molecule is CC[C@@H](C(=O)NC(C)C)N(Cc1ccccc1Cl)C(=O)CN(c1ccc(C)c(C)c1)S(C)(=O)=O. The fraction of sp³-hybridized carbons (Fsp3) is 0.440. The van der Waals surface area contributed by atoms with Crippen molar-refractivity contribution >= 4 is 39.1 Å². The third-order valence-corrected chi connectivity index (χ3v) is 7.08. The topological polar surface area (TPSA) is 86.8 Å². The molecule has 0 aromatic heterocycles. The van der Waals surface area contributed by atoms with Crippen LogP contribution in [-0.4, -0.2) is 50.0 Å². The minimum Gasteiger partial charge on any atom is -0.352 e. The van der Waals surface area contributed by atoms with E-state index in [1.54, 1.807) is 36.4 Å². The lowest BCUT2D eigenvalue weighted by molar-refractivity contribution is -0.140. The number of nitrogens with one attached hydrogen (secondary N) is 1. The maximum atomic E-state index is 13.6. The van der Waals surface area contributed by atoms with Gasteiger partial charge in [0, 0.05) is 17.6 Å². The number of carbonyl (C=O) groups is 2. The van der Waals surface area contributed by atoms with Crippen molar-refractivity contribution in [1.29, 1.82) is 0 Å². The van der Waals surface area contributed by atoms with E-state index in [2.05, 4.69) is 5.32 Å². The van der Waals surface area contributed by atoms with Crippen LogP contribution in [0, 0.1) is 13.8 Å². The summed E-state index contributed by atoms with van der Waals surface area (Å²) in [5, 5.41) is 3.33. The molecule has 0 aliphatic rings. The third kappa shape index (κ3) is 7.21. The Hall–Kier alpha value is -2.58. The minimum atomic E-state index is -3.77. The monoisotopic (exact) mass is 507 g/mol. The van der Waals surface area contributed by atoms with Crippen LogP contribution in [0.5, 0.6) is 0 Å². The van der Waals surface area contributed by atoms with Crippen LogP contribution in [0.1, 0.15) is 43.9 Å². The summed E-state index contributed by atoms with van der Waals surface area (Å²) in [5.74, 6) is -0.788. The number of benzene rings is 2. The van der Waals surface area contributed by atoms with Crippen LogP contribution in [0.25, 0.3) is 0 Å². The predicted molar refractivity (Wildman–Crippen MR) is 137 cm³/mol. The number of rotatable bonds is 10. The van der Waals surface area contributed by atoms with Gasteiger partial charge in [-0.25, -0.2) is 8.42 Å². The van der Waals surface area contributed by atoms with Crippen molar-refractivity contribution in [3.8, 4) is 0 Å². The number of halogens is 1. The molecule has 2 rings (SSSR count). The molecule has 0 bridgehead atoms. The molecule has 186 valence electrons. The fourth-order valence-corrected chi connectivity index (χ4v) is 4.64. The van der Waals surface area contributed by atoms with Crippen molar-refractivity contribution in [2.24, 2.45) is 0 Å². The highest BCUT2D eigenvalue weighted by Gasteiger charge is 2.32. The van der Waals surface area contributed by atoms with E-state index in [-0.39, 0.29) is 18.5 Å². The number of hydrogen-bond acceptors (Lipinski definition) is 4. The van der Waals surface area contributed by atoms with Gasteiger partial charge in [0.1, 0.15) is 12.6 Å². The van der Waals surface area contributed by atoms with Crippen LogP contribution < -0.4 is 9.62 Å². The molecule has 7 nitrogen and oxygen atoms in total. The molecular weight excluding hydrogens is 474 g/mol. The van der Waals surface area contributed by atoms with Crippen molar-refractivity contribution < 1.29 is 18.0 Å². The molecule has 34 heavy (non-hydrogen) atoms. The number of sulfonamides is 1. The second-order valence-corrected chi connectivity index (χ2v) is 11.1. The van der Waals surface area contributed by atoms with E-state index < -0.39 is 28.5 Å². The standard InChI is InChI=1S/C25H34ClN3O4S/c1-7-23(25(31)27-17(2)3)28(15-20-10-8-9-11-22(20)26)24(30)16-29(34(6,32)33)21-13-12-18(4)19(5)14-21/h8-14,17,23H,7,15-16H2,1-6H3,(H,27,31)/t23-/m0/s1. The molecule has 1 N–H and O–H groups in total. The lowest BCUT2D eigenvalue weighted by Crippen LogP contribution is -2.53. The molecule has 0 spiro atoms. The van der Waals surface area contributed by atoms with E-state index in [4.69, 9.17) is 11.6 Å². The molecular formula is C25H34ClN3O4S. The highest BCUT2D eigenvalue weighted by atomic mass is 35.5. The summed E-state index contributed by atoms with van der Waals surface area (Å²) in [6, 6.07) is 11.4. The van der Waals surface area contributed by atoms with Crippen molar-refractivity contribution in [3.05, 3.63) is 64.2 Å². The molecule has 0 saturated heterocycles. The number of carbonyl (C=O) groups excluding carboxylic acids is 2. The van der Waals surface area contributed by atoms with Gasteiger partial charge in [-0.05, 0) is 69.0 Å². The lowest BCUT2D eigenvalue weighted by atomic mass is 10.1. The number of aryl methyl sites for hydroxylation is 2. The van der Waals surface area contributed by atoms with Gasteiger partial charge in [0.05, 0.1) is 11.9 Å². The smallest absolute Gasteiger partial charge is 0.244 e. The quantitative estimate of drug-likeness (QED) is 0.525. The van der Waals surface area contributed by atoms with Crippen LogP contribution in [0.3, 0.4) is 0 Å². The predicted octanol–water partition coefficient (Wildman–Crippen LogP) is 4.05. The Bertz CT molecular complexity index is 1130. The van der Waals surface area contributed by atoms with E-state index in [1.165, 1.54) is 4.90 Å². The van der Waals surface area contributed by atoms with E-state index in [1.807, 2.05) is 40.7 Å². The highest BCUT2D eigenvalue weighted by Crippen LogP contribution is 2.24. The summed E-state index contributed by atoms with van der Waals surface area (Å²) in [5.41, 5.74) is 3.00. The average molecular weight is 508 g/mol. The summed E-state index contributed by atoms with van der Waals surface area (Å²) in [6.45, 7) is 8.96. The summed E-state index contributed by atoms with van der Waals surface area (Å²) in [7, 11) is -3.77. The zero-order valence-corrected chi connectivity index (χ0v) is 22.2. The van der Waals surface area contributed by atoms with Gasteiger partial charge in [-0.3, -0.25) is 13.9 Å². The first kappa shape index (κ1) is 27.7. The number of hydrogen-bond donors (Lipinski definition) is 1. The largest absolute Gasteiger partial charge is 0.352 e. The maximum Gasteiger partial charge on any atom is 0.244 e. The van der Waals surface area contributed by atoms with Gasteiger partial charge in [0.25, 0.3) is 0 Å². The van der Waals surface area contributed by atoms with E-state index in [0.29, 0.717) is 22.7 Å². The van der Waals surface area contributed by atoms with Crippen molar-refractivity contribution in [3.63, 3.8) is 0 Å². The van der Waals surface area contributed by atoms with Gasteiger partial charge in [0.2, 0.25) is 21.8 Å². The van der Waals surface area contributed by atoms with Crippen LogP contribution in [-0.2, 0) is 26.2 Å². The van der Waals surface area contributed by atoms with Gasteiger partial charge < -0.3 is 10.2 Å². The first-order valence-electron chi connectivity index (χ1n) is 11.2. The van der Waals surface area contributed by atoms with E-state index >= 15 is 0 Å². The second kappa shape index (κ2) is 11.7. The first-order valence-corrected chi connectivity index (χ1v) is 13.5. The molecule has 0 heterocycles. The van der Waals surface area contributed by atoms with Crippen molar-refractivity contribution in [2.45, 2.75) is 59.7 Å². The van der Waals surface area contributed by atoms with Crippen LogP contribution in [0.2, 0.25) is 5.02 Å². The average Bonchev–Trinajstić information content (AvgIpc) is 2.73. The molecule has 0 aliphatic heterocycles. The molecule has 0 unspecified atom stereocenters. The second-order valence-electron chi connectivity index (χ2n) is 8.74. The third-order valence-electron chi connectivity index (χ3n) is 5.57. The Kier molecular flexibility index (Phi) is 9.53. The van der Waals surface area contributed by atoms with E-state index in [9.17, 15) is 18.0 Å². The minimum absolute atomic E-state index is 0.0764. The number of nitrogens with zero attached hydrogens (tertiary/aromatic N) is 2. The molecule has 0 fully saturated rings. The zero-order chi connectivity index (χ0) is 25.6.